The Labute approximate surface area is 154 Å². The minimum absolute atomic E-state index is 0.00403. The van der Waals surface area contributed by atoms with E-state index in [0.717, 1.165) is 11.6 Å². The third-order valence-corrected chi connectivity index (χ3v) is 3.46. The Bertz CT molecular complexity index is 838. The van der Waals surface area contributed by atoms with Crippen LogP contribution < -0.4 is 10.9 Å². The fraction of sp³-hybridized carbons (Fsp3) is 0.167. The third-order valence-electron chi connectivity index (χ3n) is 3.46. The molecule has 2 rings (SSSR count). The topological polar surface area (TPSA) is 128 Å². The van der Waals surface area contributed by atoms with Crippen LogP contribution in [0.25, 0.3) is 0 Å². The molecule has 0 unspecified atom stereocenters. The quantitative estimate of drug-likeness (QED) is 0.432. The van der Waals surface area contributed by atoms with Gasteiger partial charge < -0.3 is 4.74 Å². The highest BCUT2D eigenvalue weighted by Crippen LogP contribution is 2.12. The summed E-state index contributed by atoms with van der Waals surface area (Å²) in [6.07, 6.45) is 0.613. The summed E-state index contributed by atoms with van der Waals surface area (Å²) in [4.78, 5) is 45.2. The van der Waals surface area contributed by atoms with Crippen LogP contribution in [-0.2, 0) is 20.7 Å². The average Bonchev–Trinajstić information content (AvgIpc) is 2.69. The van der Waals surface area contributed by atoms with Crippen LogP contribution in [0.15, 0.2) is 54.6 Å². The fourth-order valence-corrected chi connectivity index (χ4v) is 2.10. The van der Waals surface area contributed by atoms with Gasteiger partial charge in [0.15, 0.2) is 6.61 Å². The van der Waals surface area contributed by atoms with Crippen LogP contribution in [-0.4, -0.2) is 29.3 Å². The van der Waals surface area contributed by atoms with Gasteiger partial charge in [-0.2, -0.15) is 0 Å². The summed E-state index contributed by atoms with van der Waals surface area (Å²) in [5.41, 5.74) is 4.90. The second-order valence-corrected chi connectivity index (χ2v) is 5.46. The molecule has 0 bridgehead atoms. The van der Waals surface area contributed by atoms with Crippen molar-refractivity contribution in [2.75, 3.05) is 6.61 Å². The molecule has 0 aromatic heterocycles. The summed E-state index contributed by atoms with van der Waals surface area (Å²) < 4.78 is 4.82. The van der Waals surface area contributed by atoms with Gasteiger partial charge in [0.25, 0.3) is 17.5 Å². The Hall–Kier alpha value is -3.75. The molecule has 0 radical (unpaired) electrons. The van der Waals surface area contributed by atoms with Crippen molar-refractivity contribution in [3.05, 3.63) is 75.8 Å². The number of hydrogen-bond acceptors (Lipinski definition) is 6. The molecule has 2 aromatic rings. The molecule has 2 N–H and O–H groups in total. The molecular formula is C18H17N3O6. The summed E-state index contributed by atoms with van der Waals surface area (Å²) in [5.74, 6) is -2.01. The van der Waals surface area contributed by atoms with Crippen molar-refractivity contribution in [3.63, 3.8) is 0 Å². The Morgan fingerprint density at radius 2 is 1.74 bits per heavy atom. The molecule has 0 saturated heterocycles. The molecule has 9 nitrogen and oxygen atoms in total. The lowest BCUT2D eigenvalue weighted by Crippen LogP contribution is -2.43. The van der Waals surface area contributed by atoms with Crippen molar-refractivity contribution < 1.29 is 24.0 Å². The Morgan fingerprint density at radius 3 is 2.44 bits per heavy atom. The van der Waals surface area contributed by atoms with E-state index in [1.54, 1.807) is 0 Å². The second kappa shape index (κ2) is 9.66. The largest absolute Gasteiger partial charge is 0.455 e. The van der Waals surface area contributed by atoms with Gasteiger partial charge in [-0.1, -0.05) is 36.4 Å². The van der Waals surface area contributed by atoms with E-state index in [-0.39, 0.29) is 17.7 Å². The number of non-ortho nitro benzene ring substituents is 1. The van der Waals surface area contributed by atoms with E-state index in [0.29, 0.717) is 6.42 Å². The van der Waals surface area contributed by atoms with Gasteiger partial charge in [-0.3, -0.25) is 35.3 Å². The van der Waals surface area contributed by atoms with Gasteiger partial charge in [-0.25, -0.2) is 0 Å². The highest BCUT2D eigenvalue weighted by Gasteiger charge is 2.13. The first-order valence-corrected chi connectivity index (χ1v) is 7.99. The lowest BCUT2D eigenvalue weighted by atomic mass is 10.1. The lowest BCUT2D eigenvalue weighted by Gasteiger charge is -2.08. The van der Waals surface area contributed by atoms with E-state index in [1.165, 1.54) is 18.2 Å². The number of ether oxygens (including phenoxy) is 1. The van der Waals surface area contributed by atoms with Crippen LogP contribution in [0.3, 0.4) is 0 Å². The minimum atomic E-state index is -0.734. The van der Waals surface area contributed by atoms with Gasteiger partial charge in [-0.15, -0.1) is 0 Å². The highest BCUT2D eigenvalue weighted by atomic mass is 16.6. The van der Waals surface area contributed by atoms with Crippen LogP contribution in [0.4, 0.5) is 5.69 Å². The molecule has 0 atom stereocenters. The zero-order chi connectivity index (χ0) is 19.6. The van der Waals surface area contributed by atoms with Gasteiger partial charge in [-0.05, 0) is 18.1 Å². The van der Waals surface area contributed by atoms with E-state index in [4.69, 9.17) is 4.74 Å². The molecule has 2 aromatic carbocycles. The Balaban J connectivity index is 1.71. The SMILES string of the molecule is O=C(COC(=O)CCc1ccccc1)NNC(=O)c1cccc([N+](=O)[O-])c1. The minimum Gasteiger partial charge on any atom is -0.455 e. The molecule has 0 aliphatic heterocycles. The summed E-state index contributed by atoms with van der Waals surface area (Å²) in [6, 6.07) is 14.4. The second-order valence-electron chi connectivity index (χ2n) is 5.46. The number of hydrazine groups is 1. The monoisotopic (exact) mass is 371 g/mol. The number of nitro groups is 1. The predicted molar refractivity (Wildman–Crippen MR) is 94.4 cm³/mol. The Kier molecular flexibility index (Phi) is 7.00. The first-order chi connectivity index (χ1) is 13.0. The molecule has 0 saturated carbocycles. The number of nitro benzene ring substituents is 1. The normalized spacial score (nSPS) is 9.93. The van der Waals surface area contributed by atoms with E-state index in [1.807, 2.05) is 30.3 Å². The van der Waals surface area contributed by atoms with E-state index in [9.17, 15) is 24.5 Å². The number of esters is 1. The standard InChI is InChI=1S/C18H17N3O6/c22-16(12-27-17(23)10-9-13-5-2-1-3-6-13)19-20-18(24)14-7-4-8-15(11-14)21(25)26/h1-8,11H,9-10,12H2,(H,19,22)(H,20,24). The van der Waals surface area contributed by atoms with Crippen LogP contribution in [0.2, 0.25) is 0 Å². The zero-order valence-corrected chi connectivity index (χ0v) is 14.2. The van der Waals surface area contributed by atoms with Crippen LogP contribution in [0.1, 0.15) is 22.3 Å². The van der Waals surface area contributed by atoms with Crippen molar-refractivity contribution in [1.82, 2.24) is 10.9 Å². The van der Waals surface area contributed by atoms with E-state index in [2.05, 4.69) is 10.9 Å². The smallest absolute Gasteiger partial charge is 0.306 e. The molecule has 2 amide bonds. The predicted octanol–water partition coefficient (Wildman–Crippen LogP) is 1.53. The summed E-state index contributed by atoms with van der Waals surface area (Å²) in [5, 5.41) is 10.7. The van der Waals surface area contributed by atoms with Crippen LogP contribution in [0, 0.1) is 10.1 Å². The maximum atomic E-state index is 11.9. The molecule has 0 spiro atoms. The van der Waals surface area contributed by atoms with E-state index >= 15 is 0 Å². The van der Waals surface area contributed by atoms with Gasteiger partial charge in [0.05, 0.1) is 4.92 Å². The molecule has 0 fully saturated rings. The maximum absolute atomic E-state index is 11.9. The fourth-order valence-electron chi connectivity index (χ4n) is 2.10. The molecule has 0 aliphatic carbocycles. The number of amides is 2. The summed E-state index contributed by atoms with van der Waals surface area (Å²) >= 11 is 0. The number of hydrogen-bond donors (Lipinski definition) is 2. The summed E-state index contributed by atoms with van der Waals surface area (Å²) in [6.45, 7) is -0.553. The van der Waals surface area contributed by atoms with Crippen molar-refractivity contribution in [3.8, 4) is 0 Å². The number of aryl methyl sites for hydroxylation is 1. The molecule has 140 valence electrons. The molecular weight excluding hydrogens is 354 g/mol. The van der Waals surface area contributed by atoms with Crippen LogP contribution in [0.5, 0.6) is 0 Å². The number of benzene rings is 2. The zero-order valence-electron chi connectivity index (χ0n) is 14.2. The third kappa shape index (κ3) is 6.58. The lowest BCUT2D eigenvalue weighted by molar-refractivity contribution is -0.384. The highest BCUT2D eigenvalue weighted by molar-refractivity contribution is 5.96. The van der Waals surface area contributed by atoms with Gasteiger partial charge >= 0.3 is 5.97 Å². The first kappa shape index (κ1) is 19.6. The van der Waals surface area contributed by atoms with Gasteiger partial charge in [0.2, 0.25) is 0 Å². The van der Waals surface area contributed by atoms with Crippen LogP contribution >= 0.6 is 0 Å². The van der Waals surface area contributed by atoms with Gasteiger partial charge in [0, 0.05) is 24.1 Å². The molecule has 0 aliphatic rings. The number of nitrogens with one attached hydrogen (secondary N) is 2. The maximum Gasteiger partial charge on any atom is 0.306 e. The number of carbonyl (C=O) groups excluding carboxylic acids is 3. The van der Waals surface area contributed by atoms with Crippen molar-refractivity contribution >= 4 is 23.5 Å². The van der Waals surface area contributed by atoms with Gasteiger partial charge in [0.1, 0.15) is 0 Å². The molecule has 0 heterocycles. The van der Waals surface area contributed by atoms with Crippen molar-refractivity contribution in [2.45, 2.75) is 12.8 Å². The number of nitrogens with zero attached hydrogens (tertiary/aromatic N) is 1. The number of rotatable bonds is 7. The Morgan fingerprint density at radius 1 is 1.00 bits per heavy atom. The average molecular weight is 371 g/mol. The van der Waals surface area contributed by atoms with Crippen molar-refractivity contribution in [2.24, 2.45) is 0 Å². The van der Waals surface area contributed by atoms with E-state index < -0.39 is 29.3 Å². The molecule has 27 heavy (non-hydrogen) atoms. The first-order valence-electron chi connectivity index (χ1n) is 7.99. The number of carbonyl (C=O) groups is 3. The van der Waals surface area contributed by atoms with Crippen molar-refractivity contribution in [1.29, 1.82) is 0 Å². The molecule has 9 heteroatoms. The summed E-state index contributed by atoms with van der Waals surface area (Å²) in [7, 11) is 0.